The Kier molecular flexibility index (Phi) is 4.68. The van der Waals surface area contributed by atoms with Crippen molar-refractivity contribution in [2.24, 2.45) is 0 Å². The molecule has 7 heteroatoms. The Hall–Kier alpha value is -3.06. The number of para-hydroxylation sites is 1. The molecule has 1 atom stereocenters. The highest BCUT2D eigenvalue weighted by Gasteiger charge is 2.21. The zero-order valence-electron chi connectivity index (χ0n) is 15.1. The van der Waals surface area contributed by atoms with Gasteiger partial charge in [0, 0.05) is 22.7 Å². The number of nitrogens with one attached hydrogen (secondary N) is 2. The second-order valence-corrected chi connectivity index (χ2v) is 7.34. The molecule has 1 unspecified atom stereocenters. The number of phenolic OH excluding ortho intramolecular Hbond substituents is 1. The first-order chi connectivity index (χ1) is 13.2. The van der Waals surface area contributed by atoms with Crippen molar-refractivity contribution in [3.05, 3.63) is 64.8 Å². The number of anilines is 1. The third kappa shape index (κ3) is 3.46. The fourth-order valence-corrected chi connectivity index (χ4v) is 3.75. The second kappa shape index (κ2) is 7.28. The molecule has 0 aliphatic rings. The maximum absolute atomic E-state index is 10.1. The van der Waals surface area contributed by atoms with E-state index in [9.17, 15) is 5.11 Å². The highest BCUT2D eigenvalue weighted by Crippen LogP contribution is 2.36. The van der Waals surface area contributed by atoms with Crippen LogP contribution in [0.15, 0.2) is 48.7 Å². The first-order valence-electron chi connectivity index (χ1n) is 8.74. The summed E-state index contributed by atoms with van der Waals surface area (Å²) < 4.78 is 5.58. The van der Waals surface area contributed by atoms with Gasteiger partial charge in [-0.2, -0.15) is 0 Å². The van der Waals surface area contributed by atoms with Crippen LogP contribution in [-0.4, -0.2) is 26.9 Å². The van der Waals surface area contributed by atoms with E-state index >= 15 is 0 Å². The predicted molar refractivity (Wildman–Crippen MR) is 108 cm³/mol. The number of hydrogen-bond donors (Lipinski definition) is 3. The van der Waals surface area contributed by atoms with Gasteiger partial charge in [-0.3, -0.25) is 0 Å². The van der Waals surface area contributed by atoms with Crippen LogP contribution in [0.3, 0.4) is 0 Å². The zero-order valence-corrected chi connectivity index (χ0v) is 15.9. The predicted octanol–water partition coefficient (Wildman–Crippen LogP) is 4.63. The molecule has 0 saturated carbocycles. The molecule has 2 aromatic carbocycles. The van der Waals surface area contributed by atoms with Crippen LogP contribution in [-0.2, 0) is 0 Å². The summed E-state index contributed by atoms with van der Waals surface area (Å²) in [5, 5.41) is 24.6. The number of aromatic hydroxyl groups is 1. The maximum Gasteiger partial charge on any atom is 0.206 e. The minimum absolute atomic E-state index is 0.130. The van der Waals surface area contributed by atoms with Crippen molar-refractivity contribution in [2.75, 3.05) is 11.9 Å². The summed E-state index contributed by atoms with van der Waals surface area (Å²) in [6, 6.07) is 13.4. The van der Waals surface area contributed by atoms with Crippen molar-refractivity contribution in [1.29, 1.82) is 0 Å². The van der Waals surface area contributed by atoms with E-state index in [1.54, 1.807) is 6.07 Å². The highest BCUT2D eigenvalue weighted by molar-refractivity contribution is 7.15. The van der Waals surface area contributed by atoms with Crippen LogP contribution in [0, 0.1) is 6.92 Å². The van der Waals surface area contributed by atoms with Crippen LogP contribution in [0.25, 0.3) is 10.9 Å². The Morgan fingerprint density at radius 2 is 2.07 bits per heavy atom. The number of H-pyrrole nitrogens is 1. The van der Waals surface area contributed by atoms with E-state index in [-0.39, 0.29) is 11.8 Å². The molecule has 4 rings (SSSR count). The van der Waals surface area contributed by atoms with Crippen molar-refractivity contribution in [3.8, 4) is 11.5 Å². The monoisotopic (exact) mass is 380 g/mol. The molecule has 0 bridgehead atoms. The molecule has 0 spiro atoms. The van der Waals surface area contributed by atoms with E-state index in [2.05, 4.69) is 26.6 Å². The number of rotatable bonds is 6. The van der Waals surface area contributed by atoms with Crippen LogP contribution >= 0.6 is 11.3 Å². The van der Waals surface area contributed by atoms with Crippen molar-refractivity contribution in [1.82, 2.24) is 15.2 Å². The molecule has 4 aromatic rings. The smallest absolute Gasteiger partial charge is 0.206 e. The Bertz CT molecular complexity index is 1070. The van der Waals surface area contributed by atoms with Crippen LogP contribution in [0.4, 0.5) is 5.13 Å². The fraction of sp³-hybridized carbons (Fsp3) is 0.200. The third-order valence-corrected chi connectivity index (χ3v) is 5.11. The van der Waals surface area contributed by atoms with Crippen LogP contribution in [0.5, 0.6) is 11.5 Å². The number of phenols is 1. The standard InChI is InChI=1S/C20H20N4O2S/c1-3-26-18-10-13(8-9-17(18)25)19(22-20-24-23-12(2)27-20)15-11-21-16-7-5-4-6-14(15)16/h4-11,19,21,25H,3H2,1-2H3,(H,22,24). The van der Waals surface area contributed by atoms with E-state index in [0.717, 1.165) is 32.2 Å². The van der Waals surface area contributed by atoms with E-state index in [4.69, 9.17) is 4.74 Å². The van der Waals surface area contributed by atoms with Crippen LogP contribution in [0.2, 0.25) is 0 Å². The Balaban J connectivity index is 1.82. The summed E-state index contributed by atoms with van der Waals surface area (Å²) in [5.74, 6) is 0.597. The van der Waals surface area contributed by atoms with Gasteiger partial charge < -0.3 is 20.1 Å². The van der Waals surface area contributed by atoms with Gasteiger partial charge in [0.25, 0.3) is 0 Å². The number of fused-ring (bicyclic) bond motifs is 1. The molecule has 0 saturated heterocycles. The van der Waals surface area contributed by atoms with Crippen molar-refractivity contribution < 1.29 is 9.84 Å². The minimum atomic E-state index is -0.173. The number of nitrogens with zero attached hydrogens (tertiary/aromatic N) is 2. The van der Waals surface area contributed by atoms with E-state index in [1.165, 1.54) is 11.3 Å². The highest BCUT2D eigenvalue weighted by atomic mass is 32.1. The molecule has 0 radical (unpaired) electrons. The number of aromatic nitrogens is 3. The molecule has 0 amide bonds. The number of aromatic amines is 1. The van der Waals surface area contributed by atoms with E-state index < -0.39 is 0 Å². The lowest BCUT2D eigenvalue weighted by atomic mass is 9.98. The Morgan fingerprint density at radius 3 is 2.85 bits per heavy atom. The zero-order chi connectivity index (χ0) is 18.8. The first-order valence-corrected chi connectivity index (χ1v) is 9.55. The fourth-order valence-electron chi connectivity index (χ4n) is 3.13. The number of ether oxygens (including phenoxy) is 1. The minimum Gasteiger partial charge on any atom is -0.504 e. The molecule has 3 N–H and O–H groups in total. The van der Waals surface area contributed by atoms with Crippen molar-refractivity contribution in [3.63, 3.8) is 0 Å². The maximum atomic E-state index is 10.1. The van der Waals surface area contributed by atoms with Gasteiger partial charge in [-0.1, -0.05) is 35.6 Å². The second-order valence-electron chi connectivity index (χ2n) is 6.15. The number of hydrogen-bond acceptors (Lipinski definition) is 6. The average molecular weight is 380 g/mol. The lowest BCUT2D eigenvalue weighted by molar-refractivity contribution is 0.317. The van der Waals surface area contributed by atoms with Crippen molar-refractivity contribution in [2.45, 2.75) is 19.9 Å². The molecule has 2 aromatic heterocycles. The Morgan fingerprint density at radius 1 is 1.22 bits per heavy atom. The first kappa shape index (κ1) is 17.4. The van der Waals surface area contributed by atoms with E-state index in [1.807, 2.05) is 50.4 Å². The van der Waals surface area contributed by atoms with Crippen molar-refractivity contribution >= 4 is 27.4 Å². The van der Waals surface area contributed by atoms with Gasteiger partial charge in [0.2, 0.25) is 5.13 Å². The summed E-state index contributed by atoms with van der Waals surface area (Å²) in [4.78, 5) is 3.33. The van der Waals surface area contributed by atoms with Gasteiger partial charge in [-0.05, 0) is 37.6 Å². The molecule has 0 aliphatic carbocycles. The van der Waals surface area contributed by atoms with Gasteiger partial charge in [-0.25, -0.2) is 0 Å². The normalized spacial score (nSPS) is 12.2. The Labute approximate surface area is 160 Å². The van der Waals surface area contributed by atoms with Gasteiger partial charge in [0.1, 0.15) is 5.01 Å². The average Bonchev–Trinajstić information content (AvgIpc) is 3.28. The lowest BCUT2D eigenvalue weighted by Crippen LogP contribution is -2.12. The number of aryl methyl sites for hydroxylation is 1. The molecule has 0 fully saturated rings. The molecular formula is C20H20N4O2S. The SMILES string of the molecule is CCOc1cc(C(Nc2nnc(C)s2)c2c[nH]c3ccccc23)ccc1O. The van der Waals surface area contributed by atoms with E-state index in [0.29, 0.717) is 12.4 Å². The molecule has 6 nitrogen and oxygen atoms in total. The largest absolute Gasteiger partial charge is 0.504 e. The molecule has 138 valence electrons. The van der Waals surface area contributed by atoms with Crippen LogP contribution in [0.1, 0.15) is 29.1 Å². The molecular weight excluding hydrogens is 360 g/mol. The number of benzene rings is 2. The molecule has 2 heterocycles. The van der Waals surface area contributed by atoms with Crippen LogP contribution < -0.4 is 10.1 Å². The quantitative estimate of drug-likeness (QED) is 0.454. The summed E-state index contributed by atoms with van der Waals surface area (Å²) >= 11 is 1.51. The van der Waals surface area contributed by atoms with Gasteiger partial charge in [0.15, 0.2) is 11.5 Å². The van der Waals surface area contributed by atoms with Gasteiger partial charge in [0.05, 0.1) is 12.6 Å². The third-order valence-electron chi connectivity index (χ3n) is 4.34. The summed E-state index contributed by atoms with van der Waals surface area (Å²) in [6.45, 7) is 4.31. The molecule has 27 heavy (non-hydrogen) atoms. The van der Waals surface area contributed by atoms with Gasteiger partial charge >= 0.3 is 0 Å². The molecule has 0 aliphatic heterocycles. The summed E-state index contributed by atoms with van der Waals surface area (Å²) in [6.07, 6.45) is 2.00. The van der Waals surface area contributed by atoms with Gasteiger partial charge in [-0.15, -0.1) is 10.2 Å². The topological polar surface area (TPSA) is 83.1 Å². The lowest BCUT2D eigenvalue weighted by Gasteiger charge is -2.19. The summed E-state index contributed by atoms with van der Waals surface area (Å²) in [7, 11) is 0. The summed E-state index contributed by atoms with van der Waals surface area (Å²) in [5.41, 5.74) is 3.12.